The lowest BCUT2D eigenvalue weighted by atomic mass is 9.68. The van der Waals surface area contributed by atoms with Gasteiger partial charge in [-0.2, -0.15) is 0 Å². The number of hydrogen-bond acceptors (Lipinski definition) is 5. The molecule has 25 heavy (non-hydrogen) atoms. The largest absolute Gasteiger partial charge is 0.465 e. The van der Waals surface area contributed by atoms with E-state index < -0.39 is 0 Å². The van der Waals surface area contributed by atoms with Crippen molar-refractivity contribution in [1.29, 1.82) is 0 Å². The molecule has 1 N–H and O–H groups in total. The zero-order chi connectivity index (χ0) is 18.2. The first kappa shape index (κ1) is 19.1. The minimum atomic E-state index is -0.231. The number of thiocarbonyl (C=S) groups is 1. The summed E-state index contributed by atoms with van der Waals surface area (Å²) in [5.41, 5.74) is 0.971. The fourth-order valence-electron chi connectivity index (χ4n) is 4.39. The molecule has 0 aromatic rings. The first-order chi connectivity index (χ1) is 11.9. The van der Waals surface area contributed by atoms with Gasteiger partial charge in [-0.05, 0) is 59.2 Å². The predicted octanol–water partition coefficient (Wildman–Crippen LogP) is 2.97. The molecule has 2 saturated heterocycles. The van der Waals surface area contributed by atoms with Gasteiger partial charge in [-0.1, -0.05) is 11.6 Å². The molecule has 6 heteroatoms. The molecule has 6 unspecified atom stereocenters. The van der Waals surface area contributed by atoms with Gasteiger partial charge in [0.2, 0.25) is 0 Å². The first-order valence-electron chi connectivity index (χ1n) is 9.28. The molecule has 3 rings (SSSR count). The third-order valence-corrected chi connectivity index (χ3v) is 6.06. The van der Waals surface area contributed by atoms with Crippen LogP contribution in [0.2, 0.25) is 0 Å². The summed E-state index contributed by atoms with van der Waals surface area (Å²) in [5.74, 6) is 0.156. The van der Waals surface area contributed by atoms with Gasteiger partial charge in [0.25, 0.3) is 5.17 Å². The molecule has 1 spiro atoms. The van der Waals surface area contributed by atoms with Gasteiger partial charge in [0.15, 0.2) is 0 Å². The number of rotatable bonds is 6. The minimum Gasteiger partial charge on any atom is -0.465 e. The van der Waals surface area contributed by atoms with Crippen LogP contribution in [0.5, 0.6) is 0 Å². The van der Waals surface area contributed by atoms with E-state index in [1.807, 2.05) is 6.92 Å². The molecule has 0 aromatic carbocycles. The smallest absolute Gasteiger partial charge is 0.256 e. The normalized spacial score (nSPS) is 42.0. The van der Waals surface area contributed by atoms with Crippen LogP contribution in [0.15, 0.2) is 11.6 Å². The Morgan fingerprint density at radius 1 is 1.40 bits per heavy atom. The van der Waals surface area contributed by atoms with Crippen molar-refractivity contribution in [3.63, 3.8) is 0 Å². The van der Waals surface area contributed by atoms with E-state index in [2.05, 4.69) is 32.2 Å². The van der Waals surface area contributed by atoms with Crippen LogP contribution in [0.3, 0.4) is 0 Å². The van der Waals surface area contributed by atoms with Gasteiger partial charge in [-0.15, -0.1) is 0 Å². The van der Waals surface area contributed by atoms with Gasteiger partial charge < -0.3 is 24.3 Å². The summed E-state index contributed by atoms with van der Waals surface area (Å²) in [5, 5.41) is 3.52. The highest BCUT2D eigenvalue weighted by Crippen LogP contribution is 2.59. The molecular formula is C19H31NO4S. The standard InChI is InChI=1S/C19H31NO4S/c1-6-20-17(25)23-13-9-10-19(11-22-19)16(15(13)21-5)18(4)14(24-18)8-7-12(2)3/h7,13-16H,6,8-11H2,1-5H3,(H,20,25). The maximum absolute atomic E-state index is 6.19. The highest BCUT2D eigenvalue weighted by Gasteiger charge is 2.72. The summed E-state index contributed by atoms with van der Waals surface area (Å²) in [6, 6.07) is 0. The molecule has 0 amide bonds. The molecule has 0 bridgehead atoms. The summed E-state index contributed by atoms with van der Waals surface area (Å²) < 4.78 is 24.1. The number of epoxide rings is 2. The molecule has 6 atom stereocenters. The average Bonchev–Trinajstić information content (AvgIpc) is 3.45. The van der Waals surface area contributed by atoms with Crippen molar-refractivity contribution in [2.45, 2.75) is 76.5 Å². The van der Waals surface area contributed by atoms with Gasteiger partial charge >= 0.3 is 0 Å². The zero-order valence-electron chi connectivity index (χ0n) is 16.0. The van der Waals surface area contributed by atoms with E-state index in [1.165, 1.54) is 5.57 Å². The van der Waals surface area contributed by atoms with E-state index in [1.54, 1.807) is 7.11 Å². The van der Waals surface area contributed by atoms with Crippen LogP contribution in [0, 0.1) is 5.92 Å². The minimum absolute atomic E-state index is 0.0681. The van der Waals surface area contributed by atoms with Crippen LogP contribution >= 0.6 is 12.2 Å². The molecule has 1 aliphatic carbocycles. The highest BCUT2D eigenvalue weighted by atomic mass is 32.1. The van der Waals surface area contributed by atoms with Crippen molar-refractivity contribution in [2.75, 3.05) is 20.3 Å². The van der Waals surface area contributed by atoms with Crippen molar-refractivity contribution in [2.24, 2.45) is 5.92 Å². The molecule has 2 heterocycles. The van der Waals surface area contributed by atoms with Crippen molar-refractivity contribution in [1.82, 2.24) is 5.32 Å². The van der Waals surface area contributed by atoms with E-state index in [-0.39, 0.29) is 35.4 Å². The Kier molecular flexibility index (Phi) is 5.45. The van der Waals surface area contributed by atoms with Crippen molar-refractivity contribution in [3.05, 3.63) is 11.6 Å². The summed E-state index contributed by atoms with van der Waals surface area (Å²) >= 11 is 5.29. The van der Waals surface area contributed by atoms with Crippen LogP contribution in [0.1, 0.15) is 47.0 Å². The van der Waals surface area contributed by atoms with Crippen LogP contribution in [-0.2, 0) is 18.9 Å². The Bertz CT molecular complexity index is 544. The molecule has 2 aliphatic heterocycles. The predicted molar refractivity (Wildman–Crippen MR) is 101 cm³/mol. The maximum atomic E-state index is 6.19. The van der Waals surface area contributed by atoms with Crippen LogP contribution in [0.4, 0.5) is 0 Å². The number of allylic oxidation sites excluding steroid dienone is 1. The molecule has 0 aromatic heterocycles. The summed E-state index contributed by atoms with van der Waals surface area (Å²) in [6.07, 6.45) is 5.08. The number of hydrogen-bond donors (Lipinski definition) is 1. The Balaban J connectivity index is 1.75. The van der Waals surface area contributed by atoms with E-state index in [4.69, 9.17) is 31.2 Å². The lowest BCUT2D eigenvalue weighted by Gasteiger charge is -2.43. The van der Waals surface area contributed by atoms with Crippen LogP contribution < -0.4 is 5.32 Å². The lowest BCUT2D eigenvalue weighted by Crippen LogP contribution is -2.56. The average molecular weight is 370 g/mol. The van der Waals surface area contributed by atoms with E-state index in [0.717, 1.165) is 32.4 Å². The fraction of sp³-hybridized carbons (Fsp3) is 0.842. The Morgan fingerprint density at radius 2 is 2.12 bits per heavy atom. The molecule has 142 valence electrons. The van der Waals surface area contributed by atoms with Gasteiger partial charge in [-0.25, -0.2) is 0 Å². The number of ether oxygens (including phenoxy) is 4. The van der Waals surface area contributed by atoms with Gasteiger partial charge in [0.1, 0.15) is 23.4 Å². The van der Waals surface area contributed by atoms with Gasteiger partial charge in [-0.3, -0.25) is 0 Å². The fourth-order valence-corrected chi connectivity index (χ4v) is 4.66. The molecule has 3 aliphatic rings. The van der Waals surface area contributed by atoms with E-state index >= 15 is 0 Å². The number of methoxy groups -OCH3 is 1. The molecule has 1 saturated carbocycles. The highest BCUT2D eigenvalue weighted by molar-refractivity contribution is 7.80. The lowest BCUT2D eigenvalue weighted by molar-refractivity contribution is -0.111. The molecular weight excluding hydrogens is 338 g/mol. The zero-order valence-corrected chi connectivity index (χ0v) is 16.8. The van der Waals surface area contributed by atoms with Crippen molar-refractivity contribution >= 4 is 17.4 Å². The molecule has 3 fully saturated rings. The van der Waals surface area contributed by atoms with E-state index in [0.29, 0.717) is 5.17 Å². The second-order valence-electron chi connectivity index (χ2n) is 7.85. The van der Waals surface area contributed by atoms with E-state index in [9.17, 15) is 0 Å². The first-order valence-corrected chi connectivity index (χ1v) is 9.69. The summed E-state index contributed by atoms with van der Waals surface area (Å²) in [6.45, 7) is 9.99. The van der Waals surface area contributed by atoms with Gasteiger partial charge in [0, 0.05) is 13.7 Å². The van der Waals surface area contributed by atoms with Gasteiger partial charge in [0.05, 0.1) is 18.6 Å². The third-order valence-electron chi connectivity index (χ3n) is 5.82. The van der Waals surface area contributed by atoms with Crippen molar-refractivity contribution in [3.8, 4) is 0 Å². The van der Waals surface area contributed by atoms with Crippen molar-refractivity contribution < 1.29 is 18.9 Å². The monoisotopic (exact) mass is 369 g/mol. The second-order valence-corrected chi connectivity index (χ2v) is 8.22. The SMILES string of the molecule is CCNC(=S)OC1CCC2(CO2)C(C2(C)OC2CC=C(C)C)C1OC. The second kappa shape index (κ2) is 7.14. The Hall–Kier alpha value is -0.690. The summed E-state index contributed by atoms with van der Waals surface area (Å²) in [4.78, 5) is 0. The van der Waals surface area contributed by atoms with Crippen LogP contribution in [-0.4, -0.2) is 54.9 Å². The molecule has 5 nitrogen and oxygen atoms in total. The molecule has 0 radical (unpaired) electrons. The van der Waals surface area contributed by atoms with Crippen LogP contribution in [0.25, 0.3) is 0 Å². The quantitative estimate of drug-likeness (QED) is 0.441. The number of nitrogens with one attached hydrogen (secondary N) is 1. The maximum Gasteiger partial charge on any atom is 0.256 e. The Morgan fingerprint density at radius 3 is 2.68 bits per heavy atom. The Labute approximate surface area is 156 Å². The topological polar surface area (TPSA) is 55.5 Å². The third kappa shape index (κ3) is 3.72. The summed E-state index contributed by atoms with van der Waals surface area (Å²) in [7, 11) is 1.75.